The van der Waals surface area contributed by atoms with Gasteiger partial charge in [0.15, 0.2) is 5.49 Å². The van der Waals surface area contributed by atoms with Gasteiger partial charge in [-0.2, -0.15) is 18.2 Å². The average molecular weight is 651 g/mol. The second-order valence-electron chi connectivity index (χ2n) is 7.70. The van der Waals surface area contributed by atoms with Crippen LogP contribution in [0.25, 0.3) is 10.8 Å². The summed E-state index contributed by atoms with van der Waals surface area (Å²) >= 11 is 6.61. The molecule has 0 saturated heterocycles. The molecule has 13 heteroatoms. The molecule has 5 rings (SSSR count). The Kier molecular flexibility index (Phi) is 6.57. The summed E-state index contributed by atoms with van der Waals surface area (Å²) in [5.41, 5.74) is -0.0484. The highest BCUT2D eigenvalue weighted by molar-refractivity contribution is 9.10. The molecule has 0 N–H and O–H groups in total. The van der Waals surface area contributed by atoms with Gasteiger partial charge in [0.1, 0.15) is 0 Å². The predicted molar refractivity (Wildman–Crippen MR) is 142 cm³/mol. The van der Waals surface area contributed by atoms with Gasteiger partial charge in [-0.1, -0.05) is 56.1 Å². The topological polar surface area (TPSA) is 114 Å². The van der Waals surface area contributed by atoms with E-state index in [2.05, 4.69) is 46.3 Å². The standard InChI is InChI=1S/C23H17Br2N5O4S2/c24-17-5-9-19(10-6-17)35(31,32)28-22-21-4-2-1-3-16(21)15-27-30(22)23-26-13-14-29(23)36(33,34)20-11-7-18(25)8-12-20/h1-12,15H,13-14H2/b28-22+. The Hall–Kier alpha value is -2.87. The number of halogens is 2. The average Bonchev–Trinajstić information content (AvgIpc) is 3.35. The van der Waals surface area contributed by atoms with Crippen LogP contribution in [0.5, 0.6) is 0 Å². The van der Waals surface area contributed by atoms with E-state index in [1.807, 2.05) is 0 Å². The van der Waals surface area contributed by atoms with Gasteiger partial charge in [-0.25, -0.2) is 17.7 Å². The maximum absolute atomic E-state index is 13.5. The van der Waals surface area contributed by atoms with Gasteiger partial charge in [-0.05, 0) is 48.5 Å². The van der Waals surface area contributed by atoms with Crippen molar-refractivity contribution in [3.05, 3.63) is 93.4 Å². The second kappa shape index (κ2) is 9.54. The Morgan fingerprint density at radius 3 is 2.08 bits per heavy atom. The molecular weight excluding hydrogens is 634 g/mol. The Bertz CT molecular complexity index is 1790. The van der Waals surface area contributed by atoms with Gasteiger partial charge >= 0.3 is 0 Å². The molecule has 0 atom stereocenters. The molecule has 1 aliphatic heterocycles. The van der Waals surface area contributed by atoms with Crippen LogP contribution in [0.15, 0.2) is 107 Å². The minimum absolute atomic E-state index is 0.0158. The summed E-state index contributed by atoms with van der Waals surface area (Å²) in [5.74, 6) is -0.0339. The summed E-state index contributed by atoms with van der Waals surface area (Å²) in [5, 5.41) is 5.47. The van der Waals surface area contributed by atoms with Gasteiger partial charge in [-0.15, -0.1) is 4.40 Å². The van der Waals surface area contributed by atoms with Crippen LogP contribution >= 0.6 is 31.9 Å². The fourth-order valence-corrected chi connectivity index (χ4v) is 6.59. The Morgan fingerprint density at radius 2 is 1.42 bits per heavy atom. The zero-order chi connectivity index (χ0) is 25.5. The first kappa shape index (κ1) is 24.8. The number of hydrogen-bond donors (Lipinski definition) is 0. The molecule has 2 heterocycles. The number of benzene rings is 3. The normalized spacial score (nSPS) is 14.9. The molecular formula is C23H17Br2N5O4S2. The highest BCUT2D eigenvalue weighted by atomic mass is 79.9. The van der Waals surface area contributed by atoms with Crippen molar-refractivity contribution in [2.75, 3.05) is 13.1 Å². The SMILES string of the molecule is O=S(=O)(/N=c1\c2ccccc2cnn1C1=NCCN1S(=O)(=O)c1ccc(Br)cc1)c1ccc(Br)cc1. The van der Waals surface area contributed by atoms with E-state index in [0.717, 1.165) is 13.3 Å². The van der Waals surface area contributed by atoms with E-state index in [1.54, 1.807) is 48.5 Å². The predicted octanol–water partition coefficient (Wildman–Crippen LogP) is 3.76. The van der Waals surface area contributed by atoms with Crippen LogP contribution in [0, 0.1) is 0 Å². The van der Waals surface area contributed by atoms with Crippen LogP contribution < -0.4 is 5.49 Å². The monoisotopic (exact) mass is 649 g/mol. The summed E-state index contributed by atoms with van der Waals surface area (Å²) in [6.07, 6.45) is 1.52. The van der Waals surface area contributed by atoms with Gasteiger partial charge < -0.3 is 0 Å². The van der Waals surface area contributed by atoms with Crippen LogP contribution in [0.3, 0.4) is 0 Å². The molecule has 0 amide bonds. The number of sulfonamides is 2. The van der Waals surface area contributed by atoms with Crippen LogP contribution in [-0.4, -0.2) is 50.0 Å². The molecule has 0 aliphatic carbocycles. The van der Waals surface area contributed by atoms with Crippen molar-refractivity contribution in [1.29, 1.82) is 0 Å². The quantitative estimate of drug-likeness (QED) is 0.334. The van der Waals surface area contributed by atoms with E-state index in [-0.39, 0.29) is 34.3 Å². The number of rotatable bonds is 4. The fourth-order valence-electron chi connectivity index (χ4n) is 3.66. The largest absolute Gasteiger partial charge is 0.284 e. The second-order valence-corrected chi connectivity index (χ2v) is 13.0. The third-order valence-electron chi connectivity index (χ3n) is 5.40. The van der Waals surface area contributed by atoms with E-state index in [9.17, 15) is 16.8 Å². The number of aliphatic imine (C=N–C) groups is 1. The van der Waals surface area contributed by atoms with E-state index >= 15 is 0 Å². The van der Waals surface area contributed by atoms with E-state index < -0.39 is 20.0 Å². The molecule has 0 fully saturated rings. The molecule has 0 radical (unpaired) electrons. The number of nitrogens with zero attached hydrogens (tertiary/aromatic N) is 5. The van der Waals surface area contributed by atoms with Gasteiger partial charge in [0, 0.05) is 19.7 Å². The van der Waals surface area contributed by atoms with Gasteiger partial charge in [0.25, 0.3) is 20.0 Å². The molecule has 1 aromatic heterocycles. The van der Waals surface area contributed by atoms with Gasteiger partial charge in [-0.3, -0.25) is 0 Å². The lowest BCUT2D eigenvalue weighted by atomic mass is 10.2. The van der Waals surface area contributed by atoms with E-state index in [0.29, 0.717) is 10.8 Å². The first-order chi connectivity index (χ1) is 17.2. The maximum Gasteiger partial charge on any atom is 0.284 e. The fraction of sp³-hybridized carbons (Fsp3) is 0.0870. The first-order valence-corrected chi connectivity index (χ1v) is 15.0. The zero-order valence-corrected chi connectivity index (χ0v) is 23.2. The van der Waals surface area contributed by atoms with Crippen molar-refractivity contribution in [2.45, 2.75) is 9.79 Å². The van der Waals surface area contributed by atoms with Crippen molar-refractivity contribution >= 4 is 68.6 Å². The van der Waals surface area contributed by atoms with E-state index in [4.69, 9.17) is 0 Å². The van der Waals surface area contributed by atoms with Crippen LogP contribution in [-0.2, 0) is 20.0 Å². The third-order valence-corrected chi connectivity index (χ3v) is 9.54. The molecule has 3 aromatic carbocycles. The molecule has 0 saturated carbocycles. The van der Waals surface area contributed by atoms with Gasteiger partial charge in [0.05, 0.1) is 29.1 Å². The lowest BCUT2D eigenvalue weighted by Gasteiger charge is -2.21. The third kappa shape index (κ3) is 4.63. The highest BCUT2D eigenvalue weighted by Gasteiger charge is 2.33. The van der Waals surface area contributed by atoms with Crippen molar-refractivity contribution in [2.24, 2.45) is 9.39 Å². The summed E-state index contributed by atoms with van der Waals surface area (Å²) in [4.78, 5) is 4.43. The van der Waals surface area contributed by atoms with Gasteiger partial charge in [0.2, 0.25) is 5.96 Å². The zero-order valence-electron chi connectivity index (χ0n) is 18.4. The van der Waals surface area contributed by atoms with Crippen molar-refractivity contribution in [3.8, 4) is 0 Å². The van der Waals surface area contributed by atoms with Crippen molar-refractivity contribution in [1.82, 2.24) is 14.1 Å². The summed E-state index contributed by atoms with van der Waals surface area (Å²) in [6.45, 7) is 0.264. The molecule has 36 heavy (non-hydrogen) atoms. The maximum atomic E-state index is 13.5. The molecule has 0 bridgehead atoms. The highest BCUT2D eigenvalue weighted by Crippen LogP contribution is 2.22. The van der Waals surface area contributed by atoms with Crippen LogP contribution in [0.2, 0.25) is 0 Å². The lowest BCUT2D eigenvalue weighted by Crippen LogP contribution is -2.43. The lowest BCUT2D eigenvalue weighted by molar-refractivity contribution is 0.529. The van der Waals surface area contributed by atoms with Crippen LogP contribution in [0.4, 0.5) is 0 Å². The Labute approximate surface area is 224 Å². The number of hydrogen-bond acceptors (Lipinski definition) is 6. The minimum atomic E-state index is -4.17. The summed E-state index contributed by atoms with van der Waals surface area (Å²) < 4.78 is 61.3. The molecule has 0 spiro atoms. The molecule has 1 aliphatic rings. The first-order valence-electron chi connectivity index (χ1n) is 10.5. The molecule has 9 nitrogen and oxygen atoms in total. The molecule has 4 aromatic rings. The Morgan fingerprint density at radius 1 is 0.806 bits per heavy atom. The smallest absolute Gasteiger partial charge is 0.248 e. The van der Waals surface area contributed by atoms with E-state index in [1.165, 1.54) is 35.1 Å². The summed E-state index contributed by atoms with van der Waals surface area (Å²) in [7, 11) is -8.17. The summed E-state index contributed by atoms with van der Waals surface area (Å²) in [6, 6.07) is 19.3. The van der Waals surface area contributed by atoms with Crippen molar-refractivity contribution < 1.29 is 16.8 Å². The van der Waals surface area contributed by atoms with Crippen LogP contribution in [0.1, 0.15) is 0 Å². The molecule has 184 valence electrons. The number of fused-ring (bicyclic) bond motifs is 1. The van der Waals surface area contributed by atoms with Crippen molar-refractivity contribution in [3.63, 3.8) is 0 Å². The Balaban J connectivity index is 1.72. The minimum Gasteiger partial charge on any atom is -0.248 e. The molecule has 0 unspecified atom stereocenters. The number of aromatic nitrogens is 2.